The fourth-order valence-corrected chi connectivity index (χ4v) is 2.33. The Balaban J connectivity index is 2.08. The molecular formula is C16H17N3O. The van der Waals surface area contributed by atoms with E-state index in [2.05, 4.69) is 31.1 Å². The third kappa shape index (κ3) is 2.09. The molecule has 0 saturated carbocycles. The van der Waals surface area contributed by atoms with Crippen LogP contribution in [0.4, 0.5) is 5.69 Å². The molecule has 0 radical (unpaired) electrons. The van der Waals surface area contributed by atoms with Gasteiger partial charge in [-0.25, -0.2) is 4.68 Å². The van der Waals surface area contributed by atoms with Crippen molar-refractivity contribution in [3.8, 4) is 17.1 Å². The average Bonchev–Trinajstić information content (AvgIpc) is 2.95. The molecule has 0 saturated heterocycles. The second-order valence-electron chi connectivity index (χ2n) is 5.08. The molecule has 0 unspecified atom stereocenters. The molecule has 102 valence electrons. The van der Waals surface area contributed by atoms with Crippen molar-refractivity contribution in [2.45, 2.75) is 20.8 Å². The van der Waals surface area contributed by atoms with Gasteiger partial charge in [0.05, 0.1) is 17.6 Å². The van der Waals surface area contributed by atoms with Crippen LogP contribution in [0.25, 0.3) is 17.1 Å². The minimum Gasteiger partial charge on any atom is -0.460 e. The number of aromatic nitrogens is 2. The number of hydrogen-bond acceptors (Lipinski definition) is 3. The summed E-state index contributed by atoms with van der Waals surface area (Å²) in [6, 6.07) is 10.0. The van der Waals surface area contributed by atoms with Gasteiger partial charge < -0.3 is 10.2 Å². The Kier molecular flexibility index (Phi) is 2.86. The molecule has 0 aliphatic rings. The Labute approximate surface area is 117 Å². The molecule has 0 fully saturated rings. The van der Waals surface area contributed by atoms with Crippen LogP contribution in [-0.2, 0) is 0 Å². The van der Waals surface area contributed by atoms with E-state index in [9.17, 15) is 0 Å². The maximum atomic E-state index is 6.06. The summed E-state index contributed by atoms with van der Waals surface area (Å²) in [6.45, 7) is 6.04. The van der Waals surface area contributed by atoms with Gasteiger partial charge in [0.2, 0.25) is 0 Å². The molecule has 0 aliphatic carbocycles. The average molecular weight is 267 g/mol. The Bertz CT molecular complexity index is 768. The topological polar surface area (TPSA) is 57.0 Å². The zero-order valence-electron chi connectivity index (χ0n) is 11.8. The molecule has 3 rings (SSSR count). The summed E-state index contributed by atoms with van der Waals surface area (Å²) in [7, 11) is 0. The van der Waals surface area contributed by atoms with Crippen molar-refractivity contribution in [2.24, 2.45) is 0 Å². The van der Waals surface area contributed by atoms with E-state index in [4.69, 9.17) is 10.2 Å². The van der Waals surface area contributed by atoms with Gasteiger partial charge in [-0.15, -0.1) is 0 Å². The molecule has 0 spiro atoms. The van der Waals surface area contributed by atoms with E-state index >= 15 is 0 Å². The van der Waals surface area contributed by atoms with Crippen molar-refractivity contribution >= 4 is 5.69 Å². The van der Waals surface area contributed by atoms with Gasteiger partial charge in [-0.1, -0.05) is 17.7 Å². The first kappa shape index (κ1) is 12.5. The highest BCUT2D eigenvalue weighted by atomic mass is 16.3. The van der Waals surface area contributed by atoms with E-state index in [0.29, 0.717) is 17.1 Å². The molecule has 0 atom stereocenters. The number of nitrogens with zero attached hydrogens (tertiary/aromatic N) is 2. The summed E-state index contributed by atoms with van der Waals surface area (Å²) < 4.78 is 7.40. The van der Waals surface area contributed by atoms with Crippen LogP contribution in [0, 0.1) is 20.8 Å². The molecule has 3 aromatic rings. The third-order valence-electron chi connectivity index (χ3n) is 3.32. The van der Waals surface area contributed by atoms with Gasteiger partial charge in [0, 0.05) is 0 Å². The standard InChI is InChI=1S/C16H17N3O/c1-10-4-6-14(11(2)8-10)19-9-13(17)16(18-19)15-7-5-12(3)20-15/h4-9H,17H2,1-3H3. The monoisotopic (exact) mass is 267 g/mol. The molecule has 0 amide bonds. The van der Waals surface area contributed by atoms with Gasteiger partial charge in [-0.3, -0.25) is 0 Å². The lowest BCUT2D eigenvalue weighted by atomic mass is 10.1. The second kappa shape index (κ2) is 4.56. The van der Waals surface area contributed by atoms with Crippen LogP contribution in [-0.4, -0.2) is 9.78 Å². The first-order valence-electron chi connectivity index (χ1n) is 6.54. The molecule has 2 heterocycles. The molecule has 0 bridgehead atoms. The Morgan fingerprint density at radius 2 is 1.90 bits per heavy atom. The third-order valence-corrected chi connectivity index (χ3v) is 3.32. The van der Waals surface area contributed by atoms with Crippen LogP contribution < -0.4 is 5.73 Å². The SMILES string of the molecule is Cc1ccc(-n2cc(N)c(-c3ccc(C)o3)n2)c(C)c1. The minimum atomic E-state index is 0.610. The number of nitrogens with two attached hydrogens (primary N) is 1. The van der Waals surface area contributed by atoms with Gasteiger partial charge in [-0.05, 0) is 44.5 Å². The summed E-state index contributed by atoms with van der Waals surface area (Å²) in [5.74, 6) is 1.55. The largest absolute Gasteiger partial charge is 0.460 e. The van der Waals surface area contributed by atoms with Crippen molar-refractivity contribution in [1.82, 2.24) is 9.78 Å². The van der Waals surface area contributed by atoms with Crippen molar-refractivity contribution < 1.29 is 4.42 Å². The zero-order valence-corrected chi connectivity index (χ0v) is 11.8. The number of rotatable bonds is 2. The minimum absolute atomic E-state index is 0.610. The first-order chi connectivity index (χ1) is 9.54. The van der Waals surface area contributed by atoms with Crippen LogP contribution in [0.1, 0.15) is 16.9 Å². The predicted octanol–water partition coefficient (Wildman–Crippen LogP) is 3.64. The fourth-order valence-electron chi connectivity index (χ4n) is 2.33. The summed E-state index contributed by atoms with van der Waals surface area (Å²) in [6.07, 6.45) is 1.82. The molecule has 1 aromatic carbocycles. The maximum absolute atomic E-state index is 6.06. The summed E-state index contributed by atoms with van der Waals surface area (Å²) >= 11 is 0. The smallest absolute Gasteiger partial charge is 0.156 e. The van der Waals surface area contributed by atoms with Crippen LogP contribution in [0.15, 0.2) is 40.9 Å². The summed E-state index contributed by atoms with van der Waals surface area (Å²) in [4.78, 5) is 0. The van der Waals surface area contributed by atoms with Crippen molar-refractivity contribution in [3.05, 3.63) is 53.4 Å². The van der Waals surface area contributed by atoms with Gasteiger partial charge in [-0.2, -0.15) is 5.10 Å². The Morgan fingerprint density at radius 3 is 2.55 bits per heavy atom. The molecular weight excluding hydrogens is 250 g/mol. The number of aryl methyl sites for hydroxylation is 3. The van der Waals surface area contributed by atoms with Gasteiger partial charge >= 0.3 is 0 Å². The highest BCUT2D eigenvalue weighted by Crippen LogP contribution is 2.27. The second-order valence-corrected chi connectivity index (χ2v) is 5.08. The number of hydrogen-bond donors (Lipinski definition) is 1. The van der Waals surface area contributed by atoms with E-state index in [0.717, 1.165) is 17.0 Å². The van der Waals surface area contributed by atoms with E-state index in [1.807, 2.05) is 31.3 Å². The quantitative estimate of drug-likeness (QED) is 0.771. The number of nitrogen functional groups attached to an aromatic ring is 1. The molecule has 4 nitrogen and oxygen atoms in total. The summed E-state index contributed by atoms with van der Waals surface area (Å²) in [5, 5.41) is 4.55. The van der Waals surface area contributed by atoms with Crippen LogP contribution >= 0.6 is 0 Å². The predicted molar refractivity (Wildman–Crippen MR) is 79.9 cm³/mol. The maximum Gasteiger partial charge on any atom is 0.156 e. The lowest BCUT2D eigenvalue weighted by Gasteiger charge is -2.06. The highest BCUT2D eigenvalue weighted by Gasteiger charge is 2.13. The zero-order chi connectivity index (χ0) is 14.3. The first-order valence-corrected chi connectivity index (χ1v) is 6.54. The summed E-state index contributed by atoms with van der Waals surface area (Å²) in [5.41, 5.74) is 10.8. The van der Waals surface area contributed by atoms with Gasteiger partial charge in [0.25, 0.3) is 0 Å². The number of anilines is 1. The fraction of sp³-hybridized carbons (Fsp3) is 0.188. The van der Waals surface area contributed by atoms with Crippen LogP contribution in [0.2, 0.25) is 0 Å². The molecule has 0 aliphatic heterocycles. The number of furan rings is 1. The van der Waals surface area contributed by atoms with Crippen molar-refractivity contribution in [2.75, 3.05) is 5.73 Å². The Hall–Kier alpha value is -2.49. The van der Waals surface area contributed by atoms with E-state index < -0.39 is 0 Å². The van der Waals surface area contributed by atoms with Crippen molar-refractivity contribution in [1.29, 1.82) is 0 Å². The lowest BCUT2D eigenvalue weighted by molar-refractivity contribution is 0.546. The Morgan fingerprint density at radius 1 is 1.10 bits per heavy atom. The van der Waals surface area contributed by atoms with E-state index in [1.54, 1.807) is 4.68 Å². The number of benzene rings is 1. The normalized spacial score (nSPS) is 10.9. The van der Waals surface area contributed by atoms with Crippen LogP contribution in [0.5, 0.6) is 0 Å². The molecule has 2 N–H and O–H groups in total. The highest BCUT2D eigenvalue weighted by molar-refractivity contribution is 5.68. The van der Waals surface area contributed by atoms with E-state index in [1.165, 1.54) is 5.56 Å². The van der Waals surface area contributed by atoms with Crippen LogP contribution in [0.3, 0.4) is 0 Å². The molecule has 2 aromatic heterocycles. The van der Waals surface area contributed by atoms with Gasteiger partial charge in [0.15, 0.2) is 11.5 Å². The molecule has 20 heavy (non-hydrogen) atoms. The van der Waals surface area contributed by atoms with Crippen molar-refractivity contribution in [3.63, 3.8) is 0 Å². The van der Waals surface area contributed by atoms with E-state index in [-0.39, 0.29) is 0 Å². The molecule has 4 heteroatoms. The van der Waals surface area contributed by atoms with Gasteiger partial charge in [0.1, 0.15) is 5.76 Å². The lowest BCUT2D eigenvalue weighted by Crippen LogP contribution is -1.98.